The smallest absolute Gasteiger partial charge is 0.0972 e. The molecule has 52 heavy (non-hydrogen) atoms. The standard InChI is InChI=1S/C49H29N3/c1-2-10-32(11-3-1)43-26-22-33-14-15-34-23-27-44(51-47(34)46(33)50-43)37-18-16-36-29-38(19-17-35(36)28-37)45-41-24-20-30-8-4-6-12-39(30)48(41)52-49-40-13-7-5-9-31(40)21-25-42(45)49/h1-29H. The summed E-state index contributed by atoms with van der Waals surface area (Å²) in [6.45, 7) is 0. The lowest BCUT2D eigenvalue weighted by Gasteiger charge is -2.15. The van der Waals surface area contributed by atoms with Gasteiger partial charge < -0.3 is 0 Å². The van der Waals surface area contributed by atoms with Gasteiger partial charge in [0.15, 0.2) is 0 Å². The molecule has 0 spiro atoms. The average molecular weight is 660 g/mol. The molecule has 0 bridgehead atoms. The van der Waals surface area contributed by atoms with E-state index < -0.39 is 0 Å². The molecule has 0 fully saturated rings. The minimum Gasteiger partial charge on any atom is -0.246 e. The Labute approximate surface area is 299 Å². The van der Waals surface area contributed by atoms with Crippen molar-refractivity contribution in [3.63, 3.8) is 0 Å². The SMILES string of the molecule is c1ccc(-c2ccc3ccc4ccc(-c5ccc6cc(-c7c8ccc9ccccc9c8nc8c7ccc7ccccc78)ccc6c5)nc4c3n2)cc1. The molecule has 0 saturated carbocycles. The minimum absolute atomic E-state index is 0.916. The second-order valence-corrected chi connectivity index (χ2v) is 13.6. The van der Waals surface area contributed by atoms with Crippen LogP contribution >= 0.6 is 0 Å². The first-order chi connectivity index (χ1) is 25.7. The van der Waals surface area contributed by atoms with Crippen LogP contribution in [0.3, 0.4) is 0 Å². The number of hydrogen-bond donors (Lipinski definition) is 0. The molecule has 3 aromatic heterocycles. The third-order valence-electron chi connectivity index (χ3n) is 10.6. The van der Waals surface area contributed by atoms with Crippen molar-refractivity contribution in [3.8, 4) is 33.6 Å². The normalized spacial score (nSPS) is 11.8. The van der Waals surface area contributed by atoms with Crippen LogP contribution in [-0.2, 0) is 0 Å². The fraction of sp³-hybridized carbons (Fsp3) is 0. The lowest BCUT2D eigenvalue weighted by atomic mass is 9.91. The lowest BCUT2D eigenvalue weighted by Crippen LogP contribution is -1.92. The monoisotopic (exact) mass is 659 g/mol. The Bertz CT molecular complexity index is 3140. The van der Waals surface area contributed by atoms with E-state index in [9.17, 15) is 0 Å². The molecule has 3 heteroatoms. The van der Waals surface area contributed by atoms with Gasteiger partial charge in [0.2, 0.25) is 0 Å². The van der Waals surface area contributed by atoms with Crippen molar-refractivity contribution in [2.24, 2.45) is 0 Å². The van der Waals surface area contributed by atoms with E-state index in [0.717, 1.165) is 66.1 Å². The number of pyridine rings is 3. The third-order valence-corrected chi connectivity index (χ3v) is 10.6. The molecule has 8 aromatic carbocycles. The molecular weight excluding hydrogens is 631 g/mol. The molecule has 0 atom stereocenters. The van der Waals surface area contributed by atoms with Gasteiger partial charge in [0, 0.05) is 49.0 Å². The molecule has 0 aliphatic rings. The minimum atomic E-state index is 0.916. The Balaban J connectivity index is 1.07. The highest BCUT2D eigenvalue weighted by Gasteiger charge is 2.16. The molecule has 0 unspecified atom stereocenters. The molecule has 0 saturated heterocycles. The highest BCUT2D eigenvalue weighted by Crippen LogP contribution is 2.41. The van der Waals surface area contributed by atoms with Crippen molar-refractivity contribution in [2.75, 3.05) is 0 Å². The van der Waals surface area contributed by atoms with E-state index in [1.165, 1.54) is 43.4 Å². The third kappa shape index (κ3) is 4.50. The number of hydrogen-bond acceptors (Lipinski definition) is 3. The Hall–Kier alpha value is -6.97. The average Bonchev–Trinajstić information content (AvgIpc) is 3.22. The molecule has 3 nitrogen and oxygen atoms in total. The Morgan fingerprint density at radius 3 is 1.33 bits per heavy atom. The number of fused-ring (bicyclic) bond motifs is 10. The van der Waals surface area contributed by atoms with Crippen LogP contribution < -0.4 is 0 Å². The zero-order chi connectivity index (χ0) is 34.2. The maximum absolute atomic E-state index is 5.38. The van der Waals surface area contributed by atoms with Crippen molar-refractivity contribution in [1.29, 1.82) is 0 Å². The number of aromatic nitrogens is 3. The van der Waals surface area contributed by atoms with Gasteiger partial charge in [-0.2, -0.15) is 0 Å². The predicted molar refractivity (Wildman–Crippen MR) is 219 cm³/mol. The van der Waals surface area contributed by atoms with Crippen LogP contribution in [0.1, 0.15) is 0 Å². The predicted octanol–water partition coefficient (Wildman–Crippen LogP) is 12.9. The van der Waals surface area contributed by atoms with Crippen LogP contribution in [0.15, 0.2) is 176 Å². The molecular formula is C49H29N3. The summed E-state index contributed by atoms with van der Waals surface area (Å²) in [6, 6.07) is 62.7. The van der Waals surface area contributed by atoms with Gasteiger partial charge in [-0.3, -0.25) is 0 Å². The summed E-state index contributed by atoms with van der Waals surface area (Å²) >= 11 is 0. The molecule has 240 valence electrons. The van der Waals surface area contributed by atoms with E-state index in [1.54, 1.807) is 0 Å². The summed E-state index contributed by atoms with van der Waals surface area (Å²) in [5.74, 6) is 0. The second kappa shape index (κ2) is 11.3. The molecule has 0 amide bonds. The summed E-state index contributed by atoms with van der Waals surface area (Å²) in [5, 5.41) is 11.6. The van der Waals surface area contributed by atoms with Crippen LogP contribution in [0.25, 0.3) is 110 Å². The van der Waals surface area contributed by atoms with Gasteiger partial charge in [0.1, 0.15) is 0 Å². The molecule has 0 aliphatic carbocycles. The molecule has 0 aliphatic heterocycles. The van der Waals surface area contributed by atoms with E-state index in [4.69, 9.17) is 15.0 Å². The summed E-state index contributed by atoms with van der Waals surface area (Å²) in [7, 11) is 0. The van der Waals surface area contributed by atoms with Gasteiger partial charge in [-0.05, 0) is 51.4 Å². The van der Waals surface area contributed by atoms with Gasteiger partial charge in [-0.15, -0.1) is 0 Å². The van der Waals surface area contributed by atoms with Crippen LogP contribution in [0, 0.1) is 0 Å². The van der Waals surface area contributed by atoms with Crippen molar-refractivity contribution in [1.82, 2.24) is 15.0 Å². The highest BCUT2D eigenvalue weighted by atomic mass is 14.8. The van der Waals surface area contributed by atoms with Crippen molar-refractivity contribution in [2.45, 2.75) is 0 Å². The van der Waals surface area contributed by atoms with E-state index >= 15 is 0 Å². The second-order valence-electron chi connectivity index (χ2n) is 13.6. The highest BCUT2D eigenvalue weighted by molar-refractivity contribution is 6.21. The Morgan fingerprint density at radius 1 is 0.250 bits per heavy atom. The first kappa shape index (κ1) is 28.8. The first-order valence-electron chi connectivity index (χ1n) is 17.7. The van der Waals surface area contributed by atoms with E-state index in [2.05, 4.69) is 158 Å². The van der Waals surface area contributed by atoms with Gasteiger partial charge in [-0.25, -0.2) is 15.0 Å². The summed E-state index contributed by atoms with van der Waals surface area (Å²) < 4.78 is 0. The number of nitrogens with zero attached hydrogens (tertiary/aromatic N) is 3. The molecule has 3 heterocycles. The van der Waals surface area contributed by atoms with E-state index in [0.29, 0.717) is 0 Å². The maximum atomic E-state index is 5.38. The van der Waals surface area contributed by atoms with Gasteiger partial charge in [-0.1, -0.05) is 152 Å². The quantitative estimate of drug-likeness (QED) is 0.140. The van der Waals surface area contributed by atoms with Crippen LogP contribution in [-0.4, -0.2) is 15.0 Å². The summed E-state index contributed by atoms with van der Waals surface area (Å²) in [4.78, 5) is 15.7. The van der Waals surface area contributed by atoms with E-state index in [-0.39, 0.29) is 0 Å². The fourth-order valence-electron chi connectivity index (χ4n) is 7.98. The maximum Gasteiger partial charge on any atom is 0.0972 e. The Morgan fingerprint density at radius 2 is 0.712 bits per heavy atom. The molecule has 0 N–H and O–H groups in total. The summed E-state index contributed by atoms with van der Waals surface area (Å²) in [6.07, 6.45) is 0. The van der Waals surface area contributed by atoms with Gasteiger partial charge in [0.25, 0.3) is 0 Å². The number of rotatable bonds is 3. The molecule has 11 aromatic rings. The fourth-order valence-corrected chi connectivity index (χ4v) is 7.98. The summed E-state index contributed by atoms with van der Waals surface area (Å²) in [5.41, 5.74) is 10.4. The zero-order valence-corrected chi connectivity index (χ0v) is 28.1. The van der Waals surface area contributed by atoms with Crippen molar-refractivity contribution in [3.05, 3.63) is 176 Å². The van der Waals surface area contributed by atoms with Gasteiger partial charge in [0.05, 0.1) is 33.5 Å². The Kier molecular flexibility index (Phi) is 6.25. The van der Waals surface area contributed by atoms with Gasteiger partial charge >= 0.3 is 0 Å². The van der Waals surface area contributed by atoms with Crippen LogP contribution in [0.4, 0.5) is 0 Å². The lowest BCUT2D eigenvalue weighted by molar-refractivity contribution is 1.37. The topological polar surface area (TPSA) is 38.7 Å². The molecule has 0 radical (unpaired) electrons. The van der Waals surface area contributed by atoms with E-state index in [1.807, 2.05) is 18.2 Å². The zero-order valence-electron chi connectivity index (χ0n) is 28.1. The van der Waals surface area contributed by atoms with Crippen molar-refractivity contribution < 1.29 is 0 Å². The van der Waals surface area contributed by atoms with Crippen LogP contribution in [0.2, 0.25) is 0 Å². The number of benzene rings is 8. The molecule has 11 rings (SSSR count). The first-order valence-corrected chi connectivity index (χ1v) is 17.7. The van der Waals surface area contributed by atoms with Crippen molar-refractivity contribution >= 4 is 75.9 Å². The van der Waals surface area contributed by atoms with Crippen LogP contribution in [0.5, 0.6) is 0 Å². The largest absolute Gasteiger partial charge is 0.246 e.